The third kappa shape index (κ3) is 3.72. The van der Waals surface area contributed by atoms with Crippen molar-refractivity contribution in [2.24, 2.45) is 0 Å². The number of nitrogens with zero attached hydrogens (tertiary/aromatic N) is 1. The Hall–Kier alpha value is -2.08. The smallest absolute Gasteiger partial charge is 0.420 e. The van der Waals surface area contributed by atoms with Gasteiger partial charge in [-0.1, -0.05) is 25.8 Å². The van der Waals surface area contributed by atoms with Gasteiger partial charge in [0.15, 0.2) is 5.58 Å². The second kappa shape index (κ2) is 7.08. The van der Waals surface area contributed by atoms with E-state index in [0.29, 0.717) is 23.3 Å². The number of benzene rings is 1. The third-order valence-corrected chi connectivity index (χ3v) is 3.21. The molecule has 6 nitrogen and oxygen atoms in total. The summed E-state index contributed by atoms with van der Waals surface area (Å²) in [6.45, 7) is 2.13. The zero-order valence-corrected chi connectivity index (χ0v) is 12.0. The van der Waals surface area contributed by atoms with Crippen molar-refractivity contribution in [3.8, 4) is 0 Å². The molecule has 0 aliphatic heterocycles. The molecule has 0 bridgehead atoms. The molecule has 0 amide bonds. The standard InChI is InChI=1S/C15H19NO5/c1-2-3-4-7-20-14(18)9-16-12-6-5-11(10-17)8-13(12)21-15(16)19/h5-6,8,17H,2-4,7,9-10H2,1H3. The molecule has 114 valence electrons. The van der Waals surface area contributed by atoms with Crippen LogP contribution in [-0.2, 0) is 22.7 Å². The molecule has 0 saturated carbocycles. The highest BCUT2D eigenvalue weighted by Crippen LogP contribution is 2.15. The lowest BCUT2D eigenvalue weighted by molar-refractivity contribution is -0.144. The highest BCUT2D eigenvalue weighted by Gasteiger charge is 2.13. The van der Waals surface area contributed by atoms with E-state index in [1.165, 1.54) is 4.57 Å². The van der Waals surface area contributed by atoms with Gasteiger partial charge in [-0.25, -0.2) is 4.79 Å². The highest BCUT2D eigenvalue weighted by atomic mass is 16.5. The maximum Gasteiger partial charge on any atom is 0.420 e. The number of carbonyl (C=O) groups is 1. The van der Waals surface area contributed by atoms with Crippen LogP contribution in [0, 0.1) is 0 Å². The van der Waals surface area contributed by atoms with Gasteiger partial charge in [-0.05, 0) is 24.1 Å². The molecule has 1 aromatic heterocycles. The summed E-state index contributed by atoms with van der Waals surface area (Å²) < 4.78 is 11.4. The Morgan fingerprint density at radius 1 is 1.38 bits per heavy atom. The third-order valence-electron chi connectivity index (χ3n) is 3.21. The van der Waals surface area contributed by atoms with Crippen molar-refractivity contribution in [3.63, 3.8) is 0 Å². The molecule has 0 unspecified atom stereocenters. The Labute approximate surface area is 121 Å². The SMILES string of the molecule is CCCCCOC(=O)Cn1c(=O)oc2cc(CO)ccc21. The van der Waals surface area contributed by atoms with E-state index in [9.17, 15) is 9.59 Å². The molecule has 0 aliphatic carbocycles. The number of aromatic nitrogens is 1. The van der Waals surface area contributed by atoms with Crippen molar-refractivity contribution in [3.05, 3.63) is 34.3 Å². The number of aliphatic hydroxyl groups is 1. The zero-order chi connectivity index (χ0) is 15.2. The van der Waals surface area contributed by atoms with E-state index >= 15 is 0 Å². The molecule has 0 fully saturated rings. The fourth-order valence-electron chi connectivity index (χ4n) is 2.07. The number of rotatable bonds is 7. The van der Waals surface area contributed by atoms with E-state index in [2.05, 4.69) is 6.92 Å². The minimum absolute atomic E-state index is 0.135. The van der Waals surface area contributed by atoms with E-state index in [1.807, 2.05) is 0 Å². The van der Waals surface area contributed by atoms with Crippen molar-refractivity contribution in [2.75, 3.05) is 6.61 Å². The molecule has 0 radical (unpaired) electrons. The first-order valence-corrected chi connectivity index (χ1v) is 7.04. The first-order valence-electron chi connectivity index (χ1n) is 7.04. The van der Waals surface area contributed by atoms with Crippen LogP contribution in [0.4, 0.5) is 0 Å². The summed E-state index contributed by atoms with van der Waals surface area (Å²) >= 11 is 0. The average molecular weight is 293 g/mol. The van der Waals surface area contributed by atoms with Crippen molar-refractivity contribution >= 4 is 17.1 Å². The maximum atomic E-state index is 11.8. The molecule has 0 aliphatic rings. The van der Waals surface area contributed by atoms with Gasteiger partial charge in [-0.15, -0.1) is 0 Å². The molecule has 2 aromatic rings. The summed E-state index contributed by atoms with van der Waals surface area (Å²) in [5.74, 6) is -1.06. The number of aliphatic hydroxyl groups excluding tert-OH is 1. The molecule has 6 heteroatoms. The van der Waals surface area contributed by atoms with E-state index in [0.717, 1.165) is 19.3 Å². The van der Waals surface area contributed by atoms with Crippen LogP contribution in [0.3, 0.4) is 0 Å². The number of fused-ring (bicyclic) bond motifs is 1. The lowest BCUT2D eigenvalue weighted by Gasteiger charge is -2.05. The number of oxazole rings is 1. The largest absolute Gasteiger partial charge is 0.464 e. The van der Waals surface area contributed by atoms with Gasteiger partial charge in [0, 0.05) is 0 Å². The van der Waals surface area contributed by atoms with Crippen LogP contribution in [0.15, 0.2) is 27.4 Å². The van der Waals surface area contributed by atoms with E-state index < -0.39 is 11.7 Å². The molecule has 1 aromatic carbocycles. The van der Waals surface area contributed by atoms with Crippen LogP contribution >= 0.6 is 0 Å². The van der Waals surface area contributed by atoms with Gasteiger partial charge in [0.05, 0.1) is 18.7 Å². The van der Waals surface area contributed by atoms with Gasteiger partial charge >= 0.3 is 11.7 Å². The molecule has 0 saturated heterocycles. The molecular formula is C15H19NO5. The van der Waals surface area contributed by atoms with Crippen molar-refractivity contribution in [2.45, 2.75) is 39.3 Å². The van der Waals surface area contributed by atoms with E-state index in [1.54, 1.807) is 18.2 Å². The number of hydrogen-bond acceptors (Lipinski definition) is 5. The Balaban J connectivity index is 2.09. The lowest BCUT2D eigenvalue weighted by atomic mass is 10.2. The summed E-state index contributed by atoms with van der Waals surface area (Å²) in [7, 11) is 0. The molecular weight excluding hydrogens is 274 g/mol. The van der Waals surface area contributed by atoms with Crippen molar-refractivity contribution in [1.29, 1.82) is 0 Å². The Morgan fingerprint density at radius 2 is 2.19 bits per heavy atom. The van der Waals surface area contributed by atoms with Gasteiger partial charge in [-0.2, -0.15) is 0 Å². The summed E-state index contributed by atoms with van der Waals surface area (Å²) in [5, 5.41) is 9.06. The van der Waals surface area contributed by atoms with Gasteiger partial charge in [0.1, 0.15) is 6.54 Å². The second-order valence-electron chi connectivity index (χ2n) is 4.84. The minimum atomic E-state index is -0.606. The van der Waals surface area contributed by atoms with Crippen LogP contribution in [0.1, 0.15) is 31.7 Å². The Kier molecular flexibility index (Phi) is 5.16. The molecule has 0 atom stereocenters. The predicted molar refractivity (Wildman–Crippen MR) is 76.9 cm³/mol. The number of carbonyl (C=O) groups excluding carboxylic acids is 1. The number of hydrogen-bond donors (Lipinski definition) is 1. The number of unbranched alkanes of at least 4 members (excludes halogenated alkanes) is 2. The molecule has 1 N–H and O–H groups in total. The monoisotopic (exact) mass is 293 g/mol. The van der Waals surface area contributed by atoms with Gasteiger partial charge in [0.2, 0.25) is 0 Å². The zero-order valence-electron chi connectivity index (χ0n) is 12.0. The van der Waals surface area contributed by atoms with Crippen LogP contribution in [0.5, 0.6) is 0 Å². The number of esters is 1. The van der Waals surface area contributed by atoms with Gasteiger partial charge < -0.3 is 14.3 Å². The Morgan fingerprint density at radius 3 is 2.90 bits per heavy atom. The summed E-state index contributed by atoms with van der Waals surface area (Å²) in [6, 6.07) is 4.91. The topological polar surface area (TPSA) is 81.7 Å². The lowest BCUT2D eigenvalue weighted by Crippen LogP contribution is -2.22. The van der Waals surface area contributed by atoms with E-state index in [-0.39, 0.29) is 13.2 Å². The number of ether oxygens (including phenoxy) is 1. The fourth-order valence-corrected chi connectivity index (χ4v) is 2.07. The summed E-state index contributed by atoms with van der Waals surface area (Å²) in [6.07, 6.45) is 2.88. The average Bonchev–Trinajstić information content (AvgIpc) is 2.79. The Bertz CT molecular complexity index is 670. The molecule has 21 heavy (non-hydrogen) atoms. The molecule has 0 spiro atoms. The molecule has 1 heterocycles. The van der Waals surface area contributed by atoms with Crippen molar-refractivity contribution < 1.29 is 19.1 Å². The van der Waals surface area contributed by atoms with Crippen LogP contribution < -0.4 is 5.76 Å². The normalized spacial score (nSPS) is 11.0. The van der Waals surface area contributed by atoms with Crippen LogP contribution in [-0.4, -0.2) is 22.2 Å². The predicted octanol–water partition coefficient (Wildman–Crippen LogP) is 1.82. The van der Waals surface area contributed by atoms with Gasteiger partial charge in [-0.3, -0.25) is 9.36 Å². The van der Waals surface area contributed by atoms with Crippen molar-refractivity contribution in [1.82, 2.24) is 4.57 Å². The fraction of sp³-hybridized carbons (Fsp3) is 0.467. The van der Waals surface area contributed by atoms with Gasteiger partial charge in [0.25, 0.3) is 0 Å². The van der Waals surface area contributed by atoms with E-state index in [4.69, 9.17) is 14.3 Å². The summed E-state index contributed by atoms with van der Waals surface area (Å²) in [4.78, 5) is 23.5. The first kappa shape index (κ1) is 15.3. The highest BCUT2D eigenvalue weighted by molar-refractivity contribution is 5.77. The second-order valence-corrected chi connectivity index (χ2v) is 4.84. The quantitative estimate of drug-likeness (QED) is 0.622. The first-order chi connectivity index (χ1) is 10.2. The summed E-state index contributed by atoms with van der Waals surface area (Å²) in [5.41, 5.74) is 1.51. The minimum Gasteiger partial charge on any atom is -0.464 e. The van der Waals surface area contributed by atoms with Crippen LogP contribution in [0.2, 0.25) is 0 Å². The maximum absolute atomic E-state index is 11.8. The molecule has 2 rings (SSSR count). The van der Waals surface area contributed by atoms with Crippen LogP contribution in [0.25, 0.3) is 11.1 Å².